The second-order valence-electron chi connectivity index (χ2n) is 6.39. The minimum absolute atomic E-state index is 0.149. The molecule has 0 unspecified atom stereocenters. The van der Waals surface area contributed by atoms with E-state index in [1.165, 1.54) is 18.2 Å². The number of benzene rings is 1. The quantitative estimate of drug-likeness (QED) is 0.320. The van der Waals surface area contributed by atoms with Crippen molar-refractivity contribution in [2.24, 2.45) is 4.99 Å². The topological polar surface area (TPSA) is 83.0 Å². The van der Waals surface area contributed by atoms with Gasteiger partial charge in [-0.25, -0.2) is 13.4 Å². The smallest absolute Gasteiger partial charge is 0.422 e. The monoisotopic (exact) mass is 448 g/mol. The first-order chi connectivity index (χ1) is 13.1. The molecule has 0 saturated carbocycles. The van der Waals surface area contributed by atoms with Crippen molar-refractivity contribution >= 4 is 21.5 Å². The molecule has 0 atom stereocenters. The molecular formula is C15H18F6N4O3S. The van der Waals surface area contributed by atoms with Crippen molar-refractivity contribution in [3.63, 3.8) is 0 Å². The maximum Gasteiger partial charge on any atom is 0.422 e. The van der Waals surface area contributed by atoms with Crippen LogP contribution >= 0.6 is 0 Å². The van der Waals surface area contributed by atoms with Gasteiger partial charge < -0.3 is 9.64 Å². The summed E-state index contributed by atoms with van der Waals surface area (Å²) in [4.78, 5) is 5.85. The third-order valence-corrected chi connectivity index (χ3v) is 5.44. The van der Waals surface area contributed by atoms with E-state index in [4.69, 9.17) is 4.74 Å². The molecule has 14 heteroatoms. The summed E-state index contributed by atoms with van der Waals surface area (Å²) < 4.78 is 107. The number of halogens is 6. The van der Waals surface area contributed by atoms with E-state index in [-0.39, 0.29) is 17.6 Å². The van der Waals surface area contributed by atoms with Gasteiger partial charge in [0.05, 0.1) is 17.1 Å². The number of anilines is 1. The van der Waals surface area contributed by atoms with E-state index in [9.17, 15) is 34.8 Å². The molecule has 2 N–H and O–H groups in total. The Labute approximate surface area is 162 Å². The van der Waals surface area contributed by atoms with Crippen LogP contribution in [0.2, 0.25) is 0 Å². The summed E-state index contributed by atoms with van der Waals surface area (Å²) in [6, 6.07) is 3.88. The number of nitrogens with one attached hydrogen (secondary N) is 2. The summed E-state index contributed by atoms with van der Waals surface area (Å²) in [6.45, 7) is 1.52. The Morgan fingerprint density at radius 3 is 2.31 bits per heavy atom. The van der Waals surface area contributed by atoms with Crippen LogP contribution in [0.4, 0.5) is 32.0 Å². The first-order valence-electron chi connectivity index (χ1n) is 8.04. The van der Waals surface area contributed by atoms with Crippen molar-refractivity contribution in [1.29, 1.82) is 0 Å². The predicted molar refractivity (Wildman–Crippen MR) is 92.3 cm³/mol. The summed E-state index contributed by atoms with van der Waals surface area (Å²) in [6.07, 6.45) is -11.5. The fraction of sp³-hybridized carbons (Fsp3) is 0.533. The minimum atomic E-state index is -5.74. The molecule has 0 saturated heterocycles. The number of alkyl halides is 6. The van der Waals surface area contributed by atoms with Gasteiger partial charge in [-0.05, 0) is 26.0 Å². The van der Waals surface area contributed by atoms with Crippen molar-refractivity contribution in [2.75, 3.05) is 25.1 Å². The van der Waals surface area contributed by atoms with Gasteiger partial charge in [0.25, 0.3) is 10.0 Å². The van der Waals surface area contributed by atoms with Gasteiger partial charge in [-0.15, -0.1) is 4.83 Å². The van der Waals surface area contributed by atoms with E-state index in [0.717, 1.165) is 6.92 Å². The van der Waals surface area contributed by atoms with Gasteiger partial charge in [0.1, 0.15) is 18.2 Å². The van der Waals surface area contributed by atoms with Crippen LogP contribution in [-0.4, -0.2) is 52.3 Å². The number of amidine groups is 1. The molecule has 7 nitrogen and oxygen atoms in total. The van der Waals surface area contributed by atoms with Crippen LogP contribution in [-0.2, 0) is 10.0 Å². The standard InChI is InChI=1S/C15H18F6N4O3S/c1-9(22-13(2,14(16,17)18)15(19,20)21)23-24-29(26,27)10-4-5-11-12(8-10)28-7-6-25(11)3/h4-5,8,24H,6-7H2,1-3H3,(H,22,23). The molecule has 1 aliphatic rings. The lowest BCUT2D eigenvalue weighted by molar-refractivity contribution is -0.289. The molecule has 164 valence electrons. The number of rotatable bonds is 4. The molecule has 0 bridgehead atoms. The lowest BCUT2D eigenvalue weighted by Gasteiger charge is -2.30. The van der Waals surface area contributed by atoms with Crippen LogP contribution in [0.1, 0.15) is 13.8 Å². The second kappa shape index (κ2) is 7.55. The van der Waals surface area contributed by atoms with Gasteiger partial charge in [0.15, 0.2) is 0 Å². The van der Waals surface area contributed by atoms with Crippen molar-refractivity contribution in [2.45, 2.75) is 36.6 Å². The fourth-order valence-electron chi connectivity index (χ4n) is 2.36. The van der Waals surface area contributed by atoms with E-state index in [1.807, 2.05) is 4.90 Å². The highest BCUT2D eigenvalue weighted by atomic mass is 32.2. The molecule has 0 aromatic heterocycles. The average molecular weight is 448 g/mol. The molecule has 0 amide bonds. The van der Waals surface area contributed by atoms with Gasteiger partial charge in [-0.2, -0.15) is 26.3 Å². The lowest BCUT2D eigenvalue weighted by Crippen LogP contribution is -2.54. The van der Waals surface area contributed by atoms with Gasteiger partial charge >= 0.3 is 12.4 Å². The average Bonchev–Trinajstić information content (AvgIpc) is 2.58. The molecule has 1 heterocycles. The zero-order valence-corrected chi connectivity index (χ0v) is 16.3. The fourth-order valence-corrected chi connectivity index (χ4v) is 3.27. The third-order valence-electron chi connectivity index (χ3n) is 4.20. The number of ether oxygens (including phenoxy) is 1. The third kappa shape index (κ3) is 4.69. The number of nitrogens with zero attached hydrogens (tertiary/aromatic N) is 2. The van der Waals surface area contributed by atoms with Crippen LogP contribution in [0.25, 0.3) is 0 Å². The van der Waals surface area contributed by atoms with Gasteiger partial charge in [0, 0.05) is 13.1 Å². The number of hydrazine groups is 1. The van der Waals surface area contributed by atoms with Crippen molar-refractivity contribution in [3.8, 4) is 5.75 Å². The Kier molecular flexibility index (Phi) is 6.01. The largest absolute Gasteiger partial charge is 0.490 e. The molecule has 0 fully saturated rings. The zero-order valence-electron chi connectivity index (χ0n) is 15.4. The van der Waals surface area contributed by atoms with Crippen molar-refractivity contribution in [3.05, 3.63) is 18.2 Å². The Bertz CT molecular complexity index is 884. The summed E-state index contributed by atoms with van der Waals surface area (Å²) >= 11 is 0. The highest BCUT2D eigenvalue weighted by Crippen LogP contribution is 2.45. The lowest BCUT2D eigenvalue weighted by atomic mass is 10.0. The van der Waals surface area contributed by atoms with Crippen LogP contribution in [0.5, 0.6) is 5.75 Å². The molecule has 0 radical (unpaired) electrons. The number of aliphatic imine (C=N–C) groups is 1. The second-order valence-corrected chi connectivity index (χ2v) is 8.08. The maximum atomic E-state index is 12.9. The minimum Gasteiger partial charge on any atom is -0.490 e. The number of hydrogen-bond donors (Lipinski definition) is 2. The van der Waals surface area contributed by atoms with Crippen LogP contribution < -0.4 is 19.9 Å². The summed E-state index contributed by atoms with van der Waals surface area (Å²) in [5.41, 5.74) is -2.01. The summed E-state index contributed by atoms with van der Waals surface area (Å²) in [5.74, 6) is -0.659. The van der Waals surface area contributed by atoms with Crippen molar-refractivity contribution in [1.82, 2.24) is 10.3 Å². The number of fused-ring (bicyclic) bond motifs is 1. The van der Waals surface area contributed by atoms with Gasteiger partial charge in [0.2, 0.25) is 5.54 Å². The highest BCUT2D eigenvalue weighted by Gasteiger charge is 2.68. The molecule has 0 aliphatic carbocycles. The molecular weight excluding hydrogens is 430 g/mol. The molecule has 0 spiro atoms. The van der Waals surface area contributed by atoms with Gasteiger partial charge in [-0.1, -0.05) is 0 Å². The molecule has 1 aromatic carbocycles. The molecule has 1 aliphatic heterocycles. The Hall–Kier alpha value is -2.22. The summed E-state index contributed by atoms with van der Waals surface area (Å²) in [7, 11) is -2.56. The first-order valence-corrected chi connectivity index (χ1v) is 9.52. The Morgan fingerprint density at radius 1 is 1.17 bits per heavy atom. The van der Waals surface area contributed by atoms with Crippen LogP contribution in [0, 0.1) is 0 Å². The molecule has 29 heavy (non-hydrogen) atoms. The first kappa shape index (κ1) is 23.1. The van der Waals surface area contributed by atoms with Crippen LogP contribution in [0.15, 0.2) is 28.1 Å². The van der Waals surface area contributed by atoms with E-state index in [0.29, 0.717) is 18.8 Å². The van der Waals surface area contributed by atoms with E-state index < -0.39 is 33.8 Å². The number of sulfonamides is 1. The normalized spacial score (nSPS) is 16.3. The van der Waals surface area contributed by atoms with Crippen molar-refractivity contribution < 1.29 is 39.5 Å². The number of hydrogen-bond acceptors (Lipinski definition) is 5. The summed E-state index contributed by atoms with van der Waals surface area (Å²) in [5, 5.41) is 0. The predicted octanol–water partition coefficient (Wildman–Crippen LogP) is 2.60. The van der Waals surface area contributed by atoms with E-state index in [1.54, 1.807) is 17.3 Å². The number of likely N-dealkylation sites (N-methyl/N-ethyl adjacent to an activating group) is 1. The van der Waals surface area contributed by atoms with Gasteiger partial charge in [-0.3, -0.25) is 5.43 Å². The molecule has 1 aromatic rings. The Balaban J connectivity index is 2.23. The van der Waals surface area contributed by atoms with E-state index in [2.05, 4.69) is 4.99 Å². The van der Waals surface area contributed by atoms with Crippen LogP contribution in [0.3, 0.4) is 0 Å². The zero-order chi connectivity index (χ0) is 22.3. The Morgan fingerprint density at radius 2 is 1.76 bits per heavy atom. The molecule has 2 rings (SSSR count). The maximum absolute atomic E-state index is 12.9. The van der Waals surface area contributed by atoms with E-state index >= 15 is 0 Å². The highest BCUT2D eigenvalue weighted by molar-refractivity contribution is 7.89. The SMILES string of the molecule is CC(=NC(C)(C(F)(F)F)C(F)(F)F)NNS(=O)(=O)c1ccc2c(c1)OCCN2C.